The van der Waals surface area contributed by atoms with Crippen LogP contribution in [0.1, 0.15) is 38.2 Å². The van der Waals surface area contributed by atoms with Gasteiger partial charge in [-0.15, -0.1) is 0 Å². The number of ether oxygens (including phenoxy) is 2. The van der Waals surface area contributed by atoms with Crippen LogP contribution in [0.3, 0.4) is 0 Å². The first kappa shape index (κ1) is 19.9. The molecule has 2 aliphatic heterocycles. The zero-order valence-electron chi connectivity index (χ0n) is 17.4. The number of Topliss-reactive ketones (excluding diaryl/α,β-unsaturated/α-hetero) is 1. The van der Waals surface area contributed by atoms with E-state index in [0.717, 1.165) is 35.5 Å². The summed E-state index contributed by atoms with van der Waals surface area (Å²) < 4.78 is 12.1. The Morgan fingerprint density at radius 2 is 1.87 bits per heavy atom. The lowest BCUT2D eigenvalue weighted by atomic mass is 9.99. The van der Waals surface area contributed by atoms with Gasteiger partial charge in [-0.1, -0.05) is 53.6 Å². The fraction of sp³-hybridized carbons (Fsp3) is 0.192. The summed E-state index contributed by atoms with van der Waals surface area (Å²) in [6.07, 6.45) is 1.73. The van der Waals surface area contributed by atoms with Gasteiger partial charge in [0, 0.05) is 29.2 Å². The Bertz CT molecular complexity index is 1210. The van der Waals surface area contributed by atoms with Crippen LogP contribution in [0.25, 0.3) is 6.08 Å². The third kappa shape index (κ3) is 3.85. The summed E-state index contributed by atoms with van der Waals surface area (Å²) in [5.74, 6) is 1.59. The summed E-state index contributed by atoms with van der Waals surface area (Å²) in [6.45, 7) is 6.04. The molecule has 5 rings (SSSR count). The number of fused-ring (bicyclic) bond motifs is 2. The van der Waals surface area contributed by atoms with Crippen molar-refractivity contribution in [3.8, 4) is 11.5 Å². The van der Waals surface area contributed by atoms with Crippen LogP contribution in [-0.2, 0) is 13.1 Å². The minimum Gasteiger partial charge on any atom is -0.477 e. The Morgan fingerprint density at radius 3 is 2.65 bits per heavy atom. The smallest absolute Gasteiger partial charge is 0.231 e. The largest absolute Gasteiger partial charge is 0.477 e. The Balaban J connectivity index is 1.42. The van der Waals surface area contributed by atoms with Crippen LogP contribution >= 0.6 is 11.6 Å². The molecule has 0 spiro atoms. The van der Waals surface area contributed by atoms with E-state index in [2.05, 4.69) is 36.1 Å². The Labute approximate surface area is 186 Å². The number of benzene rings is 3. The Hall–Kier alpha value is -3.08. The van der Waals surface area contributed by atoms with E-state index >= 15 is 0 Å². The quantitative estimate of drug-likeness (QED) is 0.482. The monoisotopic (exact) mass is 431 g/mol. The molecule has 0 fully saturated rings. The lowest BCUT2D eigenvalue weighted by Crippen LogP contribution is -2.32. The van der Waals surface area contributed by atoms with Gasteiger partial charge >= 0.3 is 0 Å². The minimum absolute atomic E-state index is 0.114. The lowest BCUT2D eigenvalue weighted by Gasteiger charge is -2.30. The summed E-state index contributed by atoms with van der Waals surface area (Å²) in [4.78, 5) is 15.3. The highest BCUT2D eigenvalue weighted by atomic mass is 35.5. The highest BCUT2D eigenvalue weighted by molar-refractivity contribution is 6.30. The molecule has 2 aliphatic rings. The molecule has 2 heterocycles. The molecule has 0 bridgehead atoms. The van der Waals surface area contributed by atoms with Gasteiger partial charge < -0.3 is 9.47 Å². The van der Waals surface area contributed by atoms with Gasteiger partial charge in [0.2, 0.25) is 5.78 Å². The zero-order chi connectivity index (χ0) is 21.5. The number of hydrogen-bond acceptors (Lipinski definition) is 4. The molecule has 0 radical (unpaired) electrons. The van der Waals surface area contributed by atoms with Crippen LogP contribution in [0.4, 0.5) is 0 Å². The maximum atomic E-state index is 13.0. The van der Waals surface area contributed by atoms with E-state index in [4.69, 9.17) is 21.1 Å². The number of ketones is 1. The molecule has 0 aliphatic carbocycles. The second-order valence-corrected chi connectivity index (χ2v) is 8.54. The molecule has 0 saturated carbocycles. The van der Waals surface area contributed by atoms with Crippen molar-refractivity contribution in [1.82, 2.24) is 4.90 Å². The predicted octanol–water partition coefficient (Wildman–Crippen LogP) is 5.93. The van der Waals surface area contributed by atoms with E-state index in [-0.39, 0.29) is 5.78 Å². The van der Waals surface area contributed by atoms with Crippen LogP contribution in [0.15, 0.2) is 60.4 Å². The topological polar surface area (TPSA) is 38.8 Å². The third-order valence-electron chi connectivity index (χ3n) is 5.68. The molecule has 3 aromatic rings. The maximum absolute atomic E-state index is 13.0. The molecule has 3 aromatic carbocycles. The van der Waals surface area contributed by atoms with E-state index in [1.807, 2.05) is 25.1 Å². The maximum Gasteiger partial charge on any atom is 0.231 e. The van der Waals surface area contributed by atoms with Crippen molar-refractivity contribution in [2.24, 2.45) is 0 Å². The highest BCUT2D eigenvalue weighted by Crippen LogP contribution is 2.43. The summed E-state index contributed by atoms with van der Waals surface area (Å²) in [5, 5.41) is 0.617. The predicted molar refractivity (Wildman–Crippen MR) is 121 cm³/mol. The van der Waals surface area contributed by atoms with Crippen molar-refractivity contribution in [2.75, 3.05) is 6.73 Å². The fourth-order valence-corrected chi connectivity index (χ4v) is 4.30. The van der Waals surface area contributed by atoms with E-state index in [1.165, 1.54) is 11.1 Å². The molecule has 156 valence electrons. The molecule has 5 heteroatoms. The Morgan fingerprint density at radius 1 is 1.06 bits per heavy atom. The highest BCUT2D eigenvalue weighted by Gasteiger charge is 2.33. The first-order valence-corrected chi connectivity index (χ1v) is 10.6. The van der Waals surface area contributed by atoms with Crippen molar-refractivity contribution in [3.05, 3.63) is 98.8 Å². The summed E-state index contributed by atoms with van der Waals surface area (Å²) in [5.41, 5.74) is 5.77. The number of nitrogens with zero attached hydrogens (tertiary/aromatic N) is 1. The summed E-state index contributed by atoms with van der Waals surface area (Å²) in [7, 11) is 0. The second kappa shape index (κ2) is 7.88. The standard InChI is InChI=1S/C26H22ClNO3/c1-16-6-8-18(9-7-16)13-28-14-20-12-22-24(29)23(11-19-4-3-5-21(27)10-19)31-26(22)17(2)25(20)30-15-28/h3-12H,13-15H2,1-2H3/b23-11-. The van der Waals surface area contributed by atoms with Gasteiger partial charge in [0.15, 0.2) is 5.76 Å². The van der Waals surface area contributed by atoms with Crippen molar-refractivity contribution < 1.29 is 14.3 Å². The van der Waals surface area contributed by atoms with Gasteiger partial charge in [-0.05, 0) is 49.2 Å². The number of hydrogen-bond donors (Lipinski definition) is 0. The average molecular weight is 432 g/mol. The molecule has 0 aromatic heterocycles. The normalized spacial score (nSPS) is 16.6. The van der Waals surface area contributed by atoms with Gasteiger partial charge in [0.25, 0.3) is 0 Å². The molecule has 31 heavy (non-hydrogen) atoms. The van der Waals surface area contributed by atoms with Crippen molar-refractivity contribution in [1.29, 1.82) is 0 Å². The van der Waals surface area contributed by atoms with E-state index in [1.54, 1.807) is 18.2 Å². The molecule has 4 nitrogen and oxygen atoms in total. The second-order valence-electron chi connectivity index (χ2n) is 8.11. The fourth-order valence-electron chi connectivity index (χ4n) is 4.10. The molecule has 0 unspecified atom stereocenters. The number of aryl methyl sites for hydroxylation is 1. The van der Waals surface area contributed by atoms with Crippen LogP contribution in [-0.4, -0.2) is 17.4 Å². The Kier molecular flexibility index (Phi) is 5.05. The first-order valence-electron chi connectivity index (χ1n) is 10.2. The SMILES string of the molecule is Cc1ccc(CN2COc3c(cc4c(c3C)O/C(=C\c3cccc(Cl)c3)C4=O)C2)cc1. The molecular weight excluding hydrogens is 410 g/mol. The number of carbonyl (C=O) groups excluding carboxylic acids is 1. The van der Waals surface area contributed by atoms with Gasteiger partial charge in [-0.25, -0.2) is 0 Å². The third-order valence-corrected chi connectivity index (χ3v) is 5.91. The number of carbonyl (C=O) groups is 1. The minimum atomic E-state index is -0.114. The van der Waals surface area contributed by atoms with Crippen molar-refractivity contribution >= 4 is 23.5 Å². The average Bonchev–Trinajstić information content (AvgIpc) is 3.06. The lowest BCUT2D eigenvalue weighted by molar-refractivity contribution is 0.0876. The summed E-state index contributed by atoms with van der Waals surface area (Å²) >= 11 is 6.07. The van der Waals surface area contributed by atoms with Crippen LogP contribution in [0.2, 0.25) is 5.02 Å². The van der Waals surface area contributed by atoms with E-state index in [9.17, 15) is 4.79 Å². The van der Waals surface area contributed by atoms with E-state index < -0.39 is 0 Å². The number of allylic oxidation sites excluding steroid dienone is 1. The number of rotatable bonds is 3. The van der Waals surface area contributed by atoms with Crippen LogP contribution < -0.4 is 9.47 Å². The zero-order valence-corrected chi connectivity index (χ0v) is 18.2. The van der Waals surface area contributed by atoms with Crippen LogP contribution in [0.5, 0.6) is 11.5 Å². The van der Waals surface area contributed by atoms with Crippen molar-refractivity contribution in [2.45, 2.75) is 26.9 Å². The van der Waals surface area contributed by atoms with Gasteiger partial charge in [-0.2, -0.15) is 0 Å². The molecular formula is C26H22ClNO3. The van der Waals surface area contributed by atoms with E-state index in [0.29, 0.717) is 28.8 Å². The van der Waals surface area contributed by atoms with Crippen LogP contribution in [0, 0.1) is 13.8 Å². The molecule has 0 saturated heterocycles. The number of halogens is 1. The molecule has 0 atom stereocenters. The molecule has 0 N–H and O–H groups in total. The van der Waals surface area contributed by atoms with Gasteiger partial charge in [-0.3, -0.25) is 9.69 Å². The summed E-state index contributed by atoms with van der Waals surface area (Å²) in [6, 6.07) is 17.8. The van der Waals surface area contributed by atoms with Gasteiger partial charge in [0.05, 0.1) is 5.56 Å². The van der Waals surface area contributed by atoms with Gasteiger partial charge in [0.1, 0.15) is 18.2 Å². The molecule has 0 amide bonds. The van der Waals surface area contributed by atoms with Crippen molar-refractivity contribution in [3.63, 3.8) is 0 Å². The first-order chi connectivity index (χ1) is 15.0.